The number of rotatable bonds is 8. The minimum atomic E-state index is 0.432. The minimum Gasteiger partial charge on any atom is -0.384 e. The number of ether oxygens (including phenoxy) is 2. The van der Waals surface area contributed by atoms with E-state index in [1.807, 2.05) is 0 Å². The summed E-state index contributed by atoms with van der Waals surface area (Å²) in [6.45, 7) is 7.39. The Hall–Kier alpha value is -0.690. The van der Waals surface area contributed by atoms with Crippen molar-refractivity contribution in [3.63, 3.8) is 0 Å². The lowest BCUT2D eigenvalue weighted by molar-refractivity contribution is 0.0266. The van der Waals surface area contributed by atoms with Crippen LogP contribution in [-0.2, 0) is 15.9 Å². The molecule has 0 atom stereocenters. The van der Waals surface area contributed by atoms with Crippen molar-refractivity contribution in [1.29, 1.82) is 0 Å². The van der Waals surface area contributed by atoms with E-state index in [9.17, 15) is 0 Å². The van der Waals surface area contributed by atoms with Crippen molar-refractivity contribution in [2.24, 2.45) is 0 Å². The van der Waals surface area contributed by atoms with Crippen molar-refractivity contribution in [1.82, 2.24) is 9.88 Å². The van der Waals surface area contributed by atoms with E-state index in [0.717, 1.165) is 62.9 Å². The quantitative estimate of drug-likeness (QED) is 0.727. The lowest BCUT2D eigenvalue weighted by Gasteiger charge is -2.32. The number of thiazole rings is 1. The molecule has 0 radical (unpaired) electrons. The minimum absolute atomic E-state index is 0.432. The van der Waals surface area contributed by atoms with Crippen molar-refractivity contribution in [2.45, 2.75) is 38.2 Å². The van der Waals surface area contributed by atoms with Crippen LogP contribution in [0.5, 0.6) is 0 Å². The zero-order valence-electron chi connectivity index (χ0n) is 14.2. The molecule has 3 rings (SSSR count). The van der Waals surface area contributed by atoms with Gasteiger partial charge in [-0.15, -0.1) is 11.3 Å². The molecule has 3 heterocycles. The Labute approximate surface area is 143 Å². The Morgan fingerprint density at radius 2 is 1.96 bits per heavy atom. The Bertz CT molecular complexity index is 454. The summed E-state index contributed by atoms with van der Waals surface area (Å²) in [7, 11) is 1.74. The summed E-state index contributed by atoms with van der Waals surface area (Å²) in [5, 5.41) is 3.32. The molecular weight excluding hydrogens is 310 g/mol. The Morgan fingerprint density at radius 3 is 2.70 bits per heavy atom. The molecule has 0 amide bonds. The smallest absolute Gasteiger partial charge is 0.185 e. The molecule has 0 unspecified atom stereocenters. The fraction of sp³-hybridized carbons (Fsp3) is 0.824. The summed E-state index contributed by atoms with van der Waals surface area (Å²) in [5.74, 6) is 0. The summed E-state index contributed by atoms with van der Waals surface area (Å²) < 4.78 is 11.2. The van der Waals surface area contributed by atoms with Gasteiger partial charge in [-0.1, -0.05) is 0 Å². The Morgan fingerprint density at radius 1 is 1.17 bits per heavy atom. The first-order valence-corrected chi connectivity index (χ1v) is 9.75. The third-order valence-electron chi connectivity index (χ3n) is 4.77. The third-order valence-corrected chi connectivity index (χ3v) is 5.72. The first kappa shape index (κ1) is 17.1. The van der Waals surface area contributed by atoms with E-state index < -0.39 is 0 Å². The zero-order chi connectivity index (χ0) is 15.9. The van der Waals surface area contributed by atoms with Crippen LogP contribution < -0.4 is 4.90 Å². The number of hydrogen-bond donors (Lipinski definition) is 0. The number of piperidine rings is 1. The maximum Gasteiger partial charge on any atom is 0.185 e. The zero-order valence-corrected chi connectivity index (χ0v) is 15.0. The molecule has 23 heavy (non-hydrogen) atoms. The SMILES string of the molecule is COCCc1csc(N2CCC(OCCN3CCCC3)CC2)n1. The average Bonchev–Trinajstić information content (AvgIpc) is 3.25. The second kappa shape index (κ2) is 8.97. The van der Waals surface area contributed by atoms with Crippen molar-refractivity contribution in [2.75, 3.05) is 57.9 Å². The van der Waals surface area contributed by atoms with Crippen molar-refractivity contribution in [3.8, 4) is 0 Å². The second-order valence-corrected chi connectivity index (χ2v) is 7.31. The van der Waals surface area contributed by atoms with Crippen LogP contribution in [0.1, 0.15) is 31.4 Å². The van der Waals surface area contributed by atoms with Crippen LogP contribution >= 0.6 is 11.3 Å². The summed E-state index contributed by atoms with van der Waals surface area (Å²) >= 11 is 1.75. The van der Waals surface area contributed by atoms with Crippen LogP contribution in [0, 0.1) is 0 Å². The van der Waals surface area contributed by atoms with Crippen LogP contribution in [0.15, 0.2) is 5.38 Å². The largest absolute Gasteiger partial charge is 0.384 e. The topological polar surface area (TPSA) is 37.8 Å². The van der Waals surface area contributed by atoms with Gasteiger partial charge in [-0.05, 0) is 38.8 Å². The van der Waals surface area contributed by atoms with Gasteiger partial charge in [-0.3, -0.25) is 0 Å². The Balaban J connectivity index is 1.35. The summed E-state index contributed by atoms with van der Waals surface area (Å²) in [4.78, 5) is 9.65. The highest BCUT2D eigenvalue weighted by Crippen LogP contribution is 2.25. The molecule has 0 spiro atoms. The van der Waals surface area contributed by atoms with Crippen molar-refractivity contribution >= 4 is 16.5 Å². The van der Waals surface area contributed by atoms with Crippen LogP contribution in [0.4, 0.5) is 5.13 Å². The van der Waals surface area contributed by atoms with Crippen LogP contribution in [0.3, 0.4) is 0 Å². The molecule has 130 valence electrons. The van der Waals surface area contributed by atoms with Crippen LogP contribution in [0.2, 0.25) is 0 Å². The maximum atomic E-state index is 6.09. The summed E-state index contributed by atoms with van der Waals surface area (Å²) in [5.41, 5.74) is 1.15. The fourth-order valence-electron chi connectivity index (χ4n) is 3.33. The summed E-state index contributed by atoms with van der Waals surface area (Å²) in [6, 6.07) is 0. The van der Waals surface area contributed by atoms with Gasteiger partial charge in [0.1, 0.15) is 0 Å². The second-order valence-electron chi connectivity index (χ2n) is 6.47. The first-order chi connectivity index (χ1) is 11.3. The van der Waals surface area contributed by atoms with E-state index in [4.69, 9.17) is 14.5 Å². The third kappa shape index (κ3) is 5.14. The van der Waals surface area contributed by atoms with Crippen LogP contribution in [0.25, 0.3) is 0 Å². The van der Waals surface area contributed by atoms with E-state index in [1.54, 1.807) is 18.4 Å². The highest BCUT2D eigenvalue weighted by atomic mass is 32.1. The number of aromatic nitrogens is 1. The van der Waals surface area contributed by atoms with Gasteiger partial charge in [0, 0.05) is 38.5 Å². The number of likely N-dealkylation sites (tertiary alicyclic amines) is 1. The van der Waals surface area contributed by atoms with Gasteiger partial charge in [0.2, 0.25) is 0 Å². The highest BCUT2D eigenvalue weighted by molar-refractivity contribution is 7.13. The monoisotopic (exact) mass is 339 g/mol. The molecule has 0 aliphatic carbocycles. The van der Waals surface area contributed by atoms with Crippen LogP contribution in [-0.4, -0.2) is 69.0 Å². The Kier molecular flexibility index (Phi) is 6.68. The molecule has 5 nitrogen and oxygen atoms in total. The number of nitrogens with zero attached hydrogens (tertiary/aromatic N) is 3. The predicted octanol–water partition coefficient (Wildman–Crippen LogP) is 2.41. The summed E-state index contributed by atoms with van der Waals surface area (Å²) in [6.07, 6.45) is 6.29. The average molecular weight is 340 g/mol. The van der Waals surface area contributed by atoms with Gasteiger partial charge >= 0.3 is 0 Å². The number of hydrogen-bond acceptors (Lipinski definition) is 6. The van der Waals surface area contributed by atoms with E-state index in [2.05, 4.69) is 15.2 Å². The van der Waals surface area contributed by atoms with Gasteiger partial charge in [0.15, 0.2) is 5.13 Å². The van der Waals surface area contributed by atoms with Gasteiger partial charge < -0.3 is 19.3 Å². The molecular formula is C17H29N3O2S. The van der Waals surface area contributed by atoms with Crippen molar-refractivity contribution < 1.29 is 9.47 Å². The van der Waals surface area contributed by atoms with E-state index in [-0.39, 0.29) is 0 Å². The van der Waals surface area contributed by atoms with Gasteiger partial charge in [-0.25, -0.2) is 4.98 Å². The standard InChI is InChI=1S/C17H29N3O2S/c1-21-12-6-15-14-23-17(18-15)20-9-4-16(5-10-20)22-13-11-19-7-2-3-8-19/h14,16H,2-13H2,1H3. The molecule has 2 fully saturated rings. The molecule has 1 aromatic heterocycles. The molecule has 2 saturated heterocycles. The van der Waals surface area contributed by atoms with E-state index >= 15 is 0 Å². The molecule has 0 saturated carbocycles. The van der Waals surface area contributed by atoms with Gasteiger partial charge in [0.25, 0.3) is 0 Å². The number of methoxy groups -OCH3 is 1. The molecule has 0 bridgehead atoms. The normalized spacial score (nSPS) is 20.5. The van der Waals surface area contributed by atoms with Gasteiger partial charge in [-0.2, -0.15) is 0 Å². The lowest BCUT2D eigenvalue weighted by Crippen LogP contribution is -2.38. The molecule has 0 aromatic carbocycles. The fourth-order valence-corrected chi connectivity index (χ4v) is 4.25. The molecule has 2 aliphatic rings. The predicted molar refractivity (Wildman–Crippen MR) is 94.6 cm³/mol. The first-order valence-electron chi connectivity index (χ1n) is 8.87. The number of anilines is 1. The van der Waals surface area contributed by atoms with Gasteiger partial charge in [0.05, 0.1) is 25.0 Å². The molecule has 2 aliphatic heterocycles. The molecule has 0 N–H and O–H groups in total. The molecule has 1 aromatic rings. The van der Waals surface area contributed by atoms with E-state index in [1.165, 1.54) is 25.9 Å². The van der Waals surface area contributed by atoms with Crippen molar-refractivity contribution in [3.05, 3.63) is 11.1 Å². The lowest BCUT2D eigenvalue weighted by atomic mass is 10.1. The van der Waals surface area contributed by atoms with E-state index in [0.29, 0.717) is 6.10 Å². The maximum absolute atomic E-state index is 6.09. The molecule has 6 heteroatoms. The highest BCUT2D eigenvalue weighted by Gasteiger charge is 2.22.